The van der Waals surface area contributed by atoms with Crippen LogP contribution in [0.3, 0.4) is 0 Å². The lowest BCUT2D eigenvalue weighted by Crippen LogP contribution is -2.46. The predicted octanol–water partition coefficient (Wildman–Crippen LogP) is 13.0. The van der Waals surface area contributed by atoms with Gasteiger partial charge in [-0.05, 0) is 136 Å². The van der Waals surface area contributed by atoms with Crippen LogP contribution in [0.25, 0.3) is 0 Å². The first-order valence-electron chi connectivity index (χ1n) is 27.1. The van der Waals surface area contributed by atoms with E-state index in [1.165, 1.54) is 20.3 Å². The van der Waals surface area contributed by atoms with Gasteiger partial charge in [0.25, 0.3) is 11.8 Å². The molecular weight excluding hydrogens is 1010 g/mol. The Morgan fingerprint density at radius 1 is 0.636 bits per heavy atom. The van der Waals surface area contributed by atoms with Gasteiger partial charge in [-0.2, -0.15) is 0 Å². The summed E-state index contributed by atoms with van der Waals surface area (Å²) >= 11 is 0. The van der Waals surface area contributed by atoms with Gasteiger partial charge in [0.15, 0.2) is 39.6 Å². The van der Waals surface area contributed by atoms with Crippen LogP contribution >= 0.6 is 0 Å². The van der Waals surface area contributed by atoms with Gasteiger partial charge >= 0.3 is 12.2 Å². The Kier molecular flexibility index (Phi) is 17.4. The number of likely N-dealkylation sites (tertiary alicyclic amines) is 2. The lowest BCUT2D eigenvalue weighted by molar-refractivity contribution is 0.0634. The number of benzene rings is 3. The Bertz CT molecular complexity index is 2680. The number of amides is 4. The summed E-state index contributed by atoms with van der Waals surface area (Å²) in [7, 11) is -1.20. The van der Waals surface area contributed by atoms with Crippen LogP contribution in [0.1, 0.15) is 133 Å². The zero-order chi connectivity index (χ0) is 56.5. The van der Waals surface area contributed by atoms with E-state index in [0.717, 1.165) is 49.7 Å². The molecule has 3 aromatic carbocycles. The first-order chi connectivity index (χ1) is 35.9. The Labute approximate surface area is 459 Å². The van der Waals surface area contributed by atoms with E-state index in [0.29, 0.717) is 49.3 Å². The summed E-state index contributed by atoms with van der Waals surface area (Å²) < 4.78 is 48.9. The maximum Gasteiger partial charge on any atom is 0.412 e. The van der Waals surface area contributed by atoms with E-state index in [1.54, 1.807) is 45.0 Å². The van der Waals surface area contributed by atoms with Gasteiger partial charge < -0.3 is 47.1 Å². The molecule has 18 heteroatoms. The number of anilines is 2. The first-order valence-corrected chi connectivity index (χ1v) is 32.9. The van der Waals surface area contributed by atoms with Crippen LogP contribution in [0.15, 0.2) is 61.2 Å². The van der Waals surface area contributed by atoms with E-state index in [9.17, 15) is 19.2 Å². The average Bonchev–Trinajstić information content (AvgIpc) is 4.34. The van der Waals surface area contributed by atoms with Crippen molar-refractivity contribution in [3.63, 3.8) is 0 Å². The summed E-state index contributed by atoms with van der Waals surface area (Å²) in [5.74, 6) is 0.747. The van der Waals surface area contributed by atoms with Crippen molar-refractivity contribution in [1.82, 2.24) is 9.80 Å². The molecule has 2 N–H and O–H groups in total. The van der Waals surface area contributed by atoms with Crippen molar-refractivity contribution >= 4 is 52.0 Å². The first kappa shape index (κ1) is 59.1. The van der Waals surface area contributed by atoms with Gasteiger partial charge in [-0.3, -0.25) is 20.2 Å². The third kappa shape index (κ3) is 14.4. The average molecular weight is 1100 g/mol. The molecule has 2 atom stereocenters. The minimum atomic E-state index is -2.11. The standard InChI is InChI=1S/C59H86N4O12Si2/c1-17-25-70-53(66)60-45-29-49(47(68-11)27-43(45)51(64)62-37-58(21-22-58)31-41(62)35-73-76(13,14)56(5,6)7)71-33-39-19-18-20-40(26-39)34-72-50-30-46(61-54(67)75-55(2,3)4)44(28-48(50)69-12)52(65)63-38-59(23-24-59)32-42(63)36-74-77(15,16)57(8,9)10/h17-20,26-30,41-42H,1,21-25,31-38H2,2-16H3,(H,60,66)(H,61,67)/t41-,42-/m0/s1. The number of hydrogen-bond donors (Lipinski definition) is 2. The third-order valence-corrected chi connectivity index (χ3v) is 25.6. The molecule has 7 rings (SSSR count). The molecule has 422 valence electrons. The summed E-state index contributed by atoms with van der Waals surface area (Å²) in [4.78, 5) is 59.9. The fourth-order valence-electron chi connectivity index (χ4n) is 9.58. The van der Waals surface area contributed by atoms with E-state index in [2.05, 4.69) is 84.9 Å². The summed E-state index contributed by atoms with van der Waals surface area (Å²) in [5.41, 5.74) is 1.90. The van der Waals surface area contributed by atoms with Crippen LogP contribution in [-0.2, 0) is 31.5 Å². The van der Waals surface area contributed by atoms with Crippen molar-refractivity contribution in [1.29, 1.82) is 0 Å². The van der Waals surface area contributed by atoms with Crippen molar-refractivity contribution in [2.75, 3.05) is 57.8 Å². The van der Waals surface area contributed by atoms with Crippen molar-refractivity contribution in [2.45, 2.75) is 168 Å². The monoisotopic (exact) mass is 1100 g/mol. The maximum atomic E-state index is 14.8. The molecule has 0 bridgehead atoms. The van der Waals surface area contributed by atoms with Crippen LogP contribution in [0, 0.1) is 10.8 Å². The number of carbonyl (C=O) groups excluding carboxylic acids is 4. The smallest absolute Gasteiger partial charge is 0.412 e. The van der Waals surface area contributed by atoms with Crippen LogP contribution in [0.2, 0.25) is 36.3 Å². The lowest BCUT2D eigenvalue weighted by Gasteiger charge is -2.38. The second-order valence-corrected chi connectivity index (χ2v) is 35.5. The molecule has 77 heavy (non-hydrogen) atoms. The molecule has 0 aromatic heterocycles. The molecule has 0 unspecified atom stereocenters. The largest absolute Gasteiger partial charge is 0.493 e. The summed E-state index contributed by atoms with van der Waals surface area (Å²) in [6, 6.07) is 13.8. The SMILES string of the molecule is C=CCOC(=O)Nc1cc(OCc2cccc(COc3cc(NC(=O)OC(C)(C)C)c(C(=O)N4CC5(CC5)C[C@H]4CO[Si](C)(C)C(C)(C)C)cc3OC)c2)c(OC)cc1C(=O)N1CC2(CC2)C[C@H]1CO[Si](C)(C)C(C)(C)C. The Balaban J connectivity index is 1.10. The van der Waals surface area contributed by atoms with Crippen molar-refractivity contribution < 1.29 is 56.5 Å². The molecular formula is C59H86N4O12Si2. The summed E-state index contributed by atoms with van der Waals surface area (Å²) in [6.45, 7) is 33.4. The molecule has 2 saturated carbocycles. The second-order valence-electron chi connectivity index (χ2n) is 25.9. The molecule has 2 spiro atoms. The van der Waals surface area contributed by atoms with E-state index in [1.807, 2.05) is 34.1 Å². The predicted molar refractivity (Wildman–Crippen MR) is 305 cm³/mol. The molecule has 16 nitrogen and oxygen atoms in total. The summed E-state index contributed by atoms with van der Waals surface area (Å²) in [5, 5.41) is 5.67. The second kappa shape index (κ2) is 22.7. The summed E-state index contributed by atoms with van der Waals surface area (Å²) in [6.07, 6.45) is 5.97. The third-order valence-electron chi connectivity index (χ3n) is 16.6. The van der Waals surface area contributed by atoms with E-state index in [-0.39, 0.29) is 87.1 Å². The van der Waals surface area contributed by atoms with E-state index in [4.69, 9.17) is 37.3 Å². The molecule has 2 aliphatic heterocycles. The van der Waals surface area contributed by atoms with E-state index < -0.39 is 34.4 Å². The maximum absolute atomic E-state index is 14.8. The molecule has 2 saturated heterocycles. The number of rotatable bonds is 20. The minimum Gasteiger partial charge on any atom is -0.493 e. The van der Waals surface area contributed by atoms with Gasteiger partial charge in [0.1, 0.15) is 25.4 Å². The Morgan fingerprint density at radius 2 is 1.05 bits per heavy atom. The van der Waals surface area contributed by atoms with Gasteiger partial charge in [0, 0.05) is 25.2 Å². The van der Waals surface area contributed by atoms with Crippen LogP contribution in [-0.4, -0.2) is 115 Å². The molecule has 0 radical (unpaired) electrons. The highest BCUT2D eigenvalue weighted by Crippen LogP contribution is 2.57. The fourth-order valence-corrected chi connectivity index (χ4v) is 11.7. The van der Waals surface area contributed by atoms with Crippen molar-refractivity contribution in [3.05, 3.63) is 83.4 Å². The Morgan fingerprint density at radius 3 is 1.42 bits per heavy atom. The molecule has 3 aromatic rings. The van der Waals surface area contributed by atoms with Crippen LogP contribution in [0.4, 0.5) is 21.0 Å². The molecule has 4 fully saturated rings. The van der Waals surface area contributed by atoms with Gasteiger partial charge in [0.2, 0.25) is 0 Å². The highest BCUT2D eigenvalue weighted by Gasteiger charge is 2.55. The normalized spacial score (nSPS) is 18.7. The molecule has 4 amide bonds. The van der Waals surface area contributed by atoms with Gasteiger partial charge in [-0.1, -0.05) is 72.4 Å². The zero-order valence-electron chi connectivity index (χ0n) is 48.5. The highest BCUT2D eigenvalue weighted by atomic mass is 28.4. The highest BCUT2D eigenvalue weighted by molar-refractivity contribution is 6.74. The zero-order valence-corrected chi connectivity index (χ0v) is 50.5. The number of methoxy groups -OCH3 is 2. The Hall–Kier alpha value is -5.57. The molecule has 4 aliphatic rings. The number of hydrogen-bond acceptors (Lipinski definition) is 12. The number of carbonyl (C=O) groups is 4. The molecule has 2 aliphatic carbocycles. The molecule has 2 heterocycles. The van der Waals surface area contributed by atoms with Crippen molar-refractivity contribution in [2.24, 2.45) is 10.8 Å². The number of nitrogens with one attached hydrogen (secondary N) is 2. The van der Waals surface area contributed by atoms with Crippen LogP contribution < -0.4 is 29.6 Å². The quantitative estimate of drug-likeness (QED) is 0.0811. The number of nitrogens with zero attached hydrogens (tertiary/aromatic N) is 2. The number of ether oxygens (including phenoxy) is 6. The topological polar surface area (TPSA) is 173 Å². The van der Waals surface area contributed by atoms with Crippen molar-refractivity contribution in [3.8, 4) is 23.0 Å². The minimum absolute atomic E-state index is 0.0109. The fraction of sp³-hybridized carbons (Fsp3) is 0.593. The van der Waals surface area contributed by atoms with Crippen LogP contribution in [0.5, 0.6) is 23.0 Å². The van der Waals surface area contributed by atoms with Gasteiger partial charge in [-0.25, -0.2) is 9.59 Å². The van der Waals surface area contributed by atoms with Gasteiger partial charge in [0.05, 0.1) is 62.0 Å². The van der Waals surface area contributed by atoms with Gasteiger partial charge in [-0.15, -0.1) is 0 Å². The van der Waals surface area contributed by atoms with E-state index >= 15 is 0 Å². The lowest BCUT2D eigenvalue weighted by atomic mass is 10.0.